The average Bonchev–Trinajstić information content (AvgIpc) is 2.90. The molecule has 0 atom stereocenters. The highest BCUT2D eigenvalue weighted by Gasteiger charge is 2.15. The molecule has 0 unspecified atom stereocenters. The molecule has 0 aliphatic rings. The Morgan fingerprint density at radius 3 is 1.08 bits per heavy atom. The molecule has 5 rings (SSSR count). The molecule has 5 aromatic rings. The number of aromatic carboxylic acids is 4. The summed E-state index contributed by atoms with van der Waals surface area (Å²) in [4.78, 5) is 50.8. The van der Waals surface area contributed by atoms with Crippen LogP contribution in [0.3, 0.4) is 0 Å². The van der Waals surface area contributed by atoms with Crippen molar-refractivity contribution in [2.24, 2.45) is 0 Å². The van der Waals surface area contributed by atoms with Crippen molar-refractivity contribution < 1.29 is 39.6 Å². The normalized spacial score (nSPS) is 10.9. The summed E-state index contributed by atoms with van der Waals surface area (Å²) in [5.41, 5.74) is 2.49. The minimum absolute atomic E-state index is 0.152. The zero-order chi connectivity index (χ0) is 27.1. The molecule has 0 saturated carbocycles. The molecule has 0 fully saturated rings. The van der Waals surface area contributed by atoms with Gasteiger partial charge in [0.05, 0.1) is 33.3 Å². The first kappa shape index (κ1) is 24.1. The first-order valence-electron chi connectivity index (χ1n) is 11.2. The Bertz CT molecular complexity index is 1650. The van der Waals surface area contributed by atoms with Crippen LogP contribution in [0.2, 0.25) is 0 Å². The lowest BCUT2D eigenvalue weighted by atomic mass is 9.97. The summed E-state index contributed by atoms with van der Waals surface area (Å²) < 4.78 is 0. The van der Waals surface area contributed by atoms with Crippen LogP contribution < -0.4 is 0 Å². The Kier molecular flexibility index (Phi) is 5.81. The molecule has 1 heterocycles. The number of fused-ring (bicyclic) bond motifs is 2. The van der Waals surface area contributed by atoms with E-state index in [9.17, 15) is 39.6 Å². The summed E-state index contributed by atoms with van der Waals surface area (Å²) in [7, 11) is 0. The third-order valence-electron chi connectivity index (χ3n) is 6.13. The summed E-state index contributed by atoms with van der Waals surface area (Å²) in [6.07, 6.45) is 0. The maximum Gasteiger partial charge on any atom is 0.335 e. The van der Waals surface area contributed by atoms with Crippen molar-refractivity contribution in [3.05, 3.63) is 101 Å². The van der Waals surface area contributed by atoms with Crippen molar-refractivity contribution in [3.8, 4) is 22.3 Å². The van der Waals surface area contributed by atoms with Gasteiger partial charge in [-0.15, -0.1) is 0 Å². The summed E-state index contributed by atoms with van der Waals surface area (Å²) >= 11 is 0. The quantitative estimate of drug-likeness (QED) is 0.217. The van der Waals surface area contributed by atoms with Gasteiger partial charge in [0.2, 0.25) is 0 Å². The van der Waals surface area contributed by atoms with E-state index in [0.29, 0.717) is 33.3 Å². The van der Waals surface area contributed by atoms with Gasteiger partial charge in [0, 0.05) is 10.8 Å². The van der Waals surface area contributed by atoms with Crippen LogP contribution in [-0.2, 0) is 0 Å². The van der Waals surface area contributed by atoms with Gasteiger partial charge in [-0.05, 0) is 76.9 Å². The van der Waals surface area contributed by atoms with Crippen LogP contribution in [0.4, 0.5) is 0 Å². The molecule has 9 heteroatoms. The molecule has 0 radical (unpaired) electrons. The summed E-state index contributed by atoms with van der Waals surface area (Å²) in [5, 5.41) is 39.2. The number of carboxylic acids is 4. The number of carbonyl (C=O) groups is 4. The van der Waals surface area contributed by atoms with Gasteiger partial charge in [0.1, 0.15) is 0 Å². The monoisotopic (exact) mass is 507 g/mol. The van der Waals surface area contributed by atoms with Crippen molar-refractivity contribution in [1.29, 1.82) is 0 Å². The topological polar surface area (TPSA) is 162 Å². The van der Waals surface area contributed by atoms with Crippen LogP contribution in [0.1, 0.15) is 41.4 Å². The fourth-order valence-electron chi connectivity index (χ4n) is 4.26. The summed E-state index contributed by atoms with van der Waals surface area (Å²) in [5.74, 6) is -4.98. The second-order valence-electron chi connectivity index (χ2n) is 8.62. The molecule has 0 saturated heterocycles. The van der Waals surface area contributed by atoms with Gasteiger partial charge in [-0.2, -0.15) is 0 Å². The molecule has 0 aliphatic carbocycles. The van der Waals surface area contributed by atoms with Gasteiger partial charge in [-0.1, -0.05) is 24.3 Å². The van der Waals surface area contributed by atoms with E-state index in [1.807, 2.05) is 6.07 Å². The number of hydrogen-bond acceptors (Lipinski definition) is 5. The van der Waals surface area contributed by atoms with Crippen LogP contribution in [0.25, 0.3) is 44.1 Å². The summed E-state index contributed by atoms with van der Waals surface area (Å²) in [6, 6.07) is 20.2. The lowest BCUT2D eigenvalue weighted by Gasteiger charge is -2.10. The zero-order valence-corrected chi connectivity index (χ0v) is 19.4. The van der Waals surface area contributed by atoms with Crippen LogP contribution in [-0.4, -0.2) is 49.3 Å². The van der Waals surface area contributed by atoms with Crippen LogP contribution in [0.5, 0.6) is 0 Å². The number of carboxylic acid groups (broad SMARTS) is 4. The fraction of sp³-hybridized carbons (Fsp3) is 0. The van der Waals surface area contributed by atoms with Crippen molar-refractivity contribution in [3.63, 3.8) is 0 Å². The van der Waals surface area contributed by atoms with Crippen molar-refractivity contribution in [2.45, 2.75) is 0 Å². The molecule has 38 heavy (non-hydrogen) atoms. The van der Waals surface area contributed by atoms with E-state index in [0.717, 1.165) is 22.9 Å². The third-order valence-corrected chi connectivity index (χ3v) is 6.13. The lowest BCUT2D eigenvalue weighted by Crippen LogP contribution is -2.03. The van der Waals surface area contributed by atoms with Gasteiger partial charge in [-0.3, -0.25) is 0 Å². The smallest absolute Gasteiger partial charge is 0.335 e. The van der Waals surface area contributed by atoms with Gasteiger partial charge >= 0.3 is 23.9 Å². The van der Waals surface area contributed by atoms with E-state index < -0.39 is 23.9 Å². The second-order valence-corrected chi connectivity index (χ2v) is 8.62. The third kappa shape index (κ3) is 4.51. The molecule has 186 valence electrons. The number of benzene rings is 4. The second kappa shape index (κ2) is 9.14. The van der Waals surface area contributed by atoms with Crippen LogP contribution in [0, 0.1) is 0 Å². The van der Waals surface area contributed by atoms with Crippen LogP contribution >= 0.6 is 0 Å². The Hall–Kier alpha value is -5.57. The van der Waals surface area contributed by atoms with E-state index in [4.69, 9.17) is 4.98 Å². The number of nitrogens with zero attached hydrogens (tertiary/aromatic N) is 1. The van der Waals surface area contributed by atoms with Gasteiger partial charge < -0.3 is 20.4 Å². The molecule has 0 bridgehead atoms. The average molecular weight is 507 g/mol. The predicted molar refractivity (Wildman–Crippen MR) is 138 cm³/mol. The van der Waals surface area contributed by atoms with E-state index >= 15 is 0 Å². The summed E-state index contributed by atoms with van der Waals surface area (Å²) in [6.45, 7) is 0. The maximum absolute atomic E-state index is 11.5. The van der Waals surface area contributed by atoms with E-state index in [-0.39, 0.29) is 22.3 Å². The highest BCUT2D eigenvalue weighted by molar-refractivity contribution is 6.00. The fourth-order valence-corrected chi connectivity index (χ4v) is 4.26. The minimum atomic E-state index is -1.25. The number of pyridine rings is 1. The molecule has 4 aromatic carbocycles. The lowest BCUT2D eigenvalue weighted by molar-refractivity contribution is 0.0676. The molecular weight excluding hydrogens is 490 g/mol. The minimum Gasteiger partial charge on any atom is -0.478 e. The van der Waals surface area contributed by atoms with Gasteiger partial charge in [0.15, 0.2) is 0 Å². The van der Waals surface area contributed by atoms with E-state index in [1.54, 1.807) is 36.4 Å². The van der Waals surface area contributed by atoms with Crippen molar-refractivity contribution >= 4 is 45.7 Å². The van der Waals surface area contributed by atoms with E-state index in [2.05, 4.69) is 0 Å². The number of hydrogen-bond donors (Lipinski definition) is 4. The molecular formula is C29H17NO8. The maximum atomic E-state index is 11.5. The molecule has 0 amide bonds. The first-order valence-corrected chi connectivity index (χ1v) is 11.2. The Balaban J connectivity index is 1.64. The number of aromatic nitrogens is 1. The predicted octanol–water partition coefficient (Wildman–Crippen LogP) is 5.51. The highest BCUT2D eigenvalue weighted by atomic mass is 16.4. The standard InChI is InChI=1S/C29H17NO8/c31-26(32)20-6-18(7-21(10-20)27(33)34)14-1-3-16-5-17-4-2-15(13-25(17)30-24(16)12-14)19-8-22(28(35)36)11-23(9-19)29(37)38/h1-13H,(H,31,32)(H,33,34)(H,35,36)(H,37,38). The molecule has 1 aromatic heterocycles. The molecule has 4 N–H and O–H groups in total. The largest absolute Gasteiger partial charge is 0.478 e. The van der Waals surface area contributed by atoms with Crippen molar-refractivity contribution in [2.75, 3.05) is 0 Å². The Morgan fingerprint density at radius 1 is 0.421 bits per heavy atom. The molecule has 0 aliphatic heterocycles. The Morgan fingerprint density at radius 2 is 0.763 bits per heavy atom. The van der Waals surface area contributed by atoms with E-state index in [1.165, 1.54) is 24.3 Å². The van der Waals surface area contributed by atoms with Gasteiger partial charge in [-0.25, -0.2) is 24.2 Å². The number of rotatable bonds is 6. The first-order chi connectivity index (χ1) is 18.1. The molecule has 9 nitrogen and oxygen atoms in total. The Labute approximate surface area is 213 Å². The highest BCUT2D eigenvalue weighted by Crippen LogP contribution is 2.30. The SMILES string of the molecule is O=C(O)c1cc(C(=O)O)cc(-c2ccc3cc4ccc(-c5cc(C(=O)O)cc(C(=O)O)c5)cc4nc3c2)c1. The van der Waals surface area contributed by atoms with Gasteiger partial charge in [0.25, 0.3) is 0 Å². The molecule has 0 spiro atoms. The zero-order valence-electron chi connectivity index (χ0n) is 19.4. The van der Waals surface area contributed by atoms with Crippen LogP contribution in [0.15, 0.2) is 78.9 Å². The van der Waals surface area contributed by atoms with Crippen molar-refractivity contribution in [1.82, 2.24) is 4.98 Å².